The van der Waals surface area contributed by atoms with Gasteiger partial charge in [-0.2, -0.15) is 4.31 Å². The summed E-state index contributed by atoms with van der Waals surface area (Å²) in [7, 11) is -1.15. The zero-order valence-corrected chi connectivity index (χ0v) is 24.7. The van der Waals surface area contributed by atoms with Gasteiger partial charge in [0, 0.05) is 34.6 Å². The zero-order valence-electron chi connectivity index (χ0n) is 23.0. The van der Waals surface area contributed by atoms with E-state index in [1.807, 2.05) is 13.8 Å². The number of nitrogens with zero attached hydrogens (tertiary/aromatic N) is 1. The van der Waals surface area contributed by atoms with E-state index in [1.165, 1.54) is 54.1 Å². The number of carbonyl (C=O) groups excluding carboxylic acids is 3. The Morgan fingerprint density at radius 1 is 1.03 bits per heavy atom. The number of ether oxygens (including phenoxy) is 2. The Labute approximate surface area is 233 Å². The van der Waals surface area contributed by atoms with E-state index in [2.05, 4.69) is 24.5 Å². The summed E-state index contributed by atoms with van der Waals surface area (Å²) in [6, 6.07) is 5.69. The van der Waals surface area contributed by atoms with Crippen LogP contribution in [0.25, 0.3) is 0 Å². The summed E-state index contributed by atoms with van der Waals surface area (Å²) in [5.41, 5.74) is 0.765. The number of amides is 1. The number of benzene rings is 1. The Balaban J connectivity index is 1.54. The van der Waals surface area contributed by atoms with Crippen LogP contribution in [-0.4, -0.2) is 63.4 Å². The van der Waals surface area contributed by atoms with Gasteiger partial charge in [-0.1, -0.05) is 0 Å². The van der Waals surface area contributed by atoms with Gasteiger partial charge in [0.25, 0.3) is 5.91 Å². The molecule has 1 amide bonds. The number of carbonyl (C=O) groups is 3. The maximum atomic E-state index is 13.2. The van der Waals surface area contributed by atoms with Crippen molar-refractivity contribution in [2.24, 2.45) is 5.92 Å². The van der Waals surface area contributed by atoms with Crippen molar-refractivity contribution in [3.8, 4) is 0 Å². The van der Waals surface area contributed by atoms with Crippen molar-refractivity contribution >= 4 is 44.2 Å². The molecule has 10 nitrogen and oxygen atoms in total. The lowest BCUT2D eigenvalue weighted by molar-refractivity contribution is -0.146. The Bertz CT molecular complexity index is 1390. The molecule has 0 spiro atoms. The third-order valence-electron chi connectivity index (χ3n) is 7.20. The molecule has 12 heteroatoms. The van der Waals surface area contributed by atoms with Crippen LogP contribution >= 0.6 is 11.3 Å². The van der Waals surface area contributed by atoms with Crippen molar-refractivity contribution in [2.45, 2.75) is 62.9 Å². The molecule has 1 fully saturated rings. The van der Waals surface area contributed by atoms with Crippen LogP contribution in [0.15, 0.2) is 29.2 Å². The van der Waals surface area contributed by atoms with E-state index < -0.39 is 27.4 Å². The molecule has 0 radical (unpaired) electrons. The standard InChI is InChI=1S/C27H35N3O7S2/c1-26(2)15-19-20(25(33)37-6)23(38-21(19)27(3,4)29-26)28-22(31)16-7-9-18(10-8-16)39(34,35)30-13-11-17(12-14-30)24(32)36-5/h7-10,17,29H,11-15H2,1-6H3,(H,28,31). The molecule has 0 atom stereocenters. The van der Waals surface area contributed by atoms with Crippen molar-refractivity contribution in [1.82, 2.24) is 9.62 Å². The van der Waals surface area contributed by atoms with Crippen molar-refractivity contribution in [2.75, 3.05) is 32.6 Å². The van der Waals surface area contributed by atoms with Crippen molar-refractivity contribution in [3.63, 3.8) is 0 Å². The molecular formula is C27H35N3O7S2. The summed E-state index contributed by atoms with van der Waals surface area (Å²) >= 11 is 1.34. The van der Waals surface area contributed by atoms with Crippen LogP contribution in [0.4, 0.5) is 5.00 Å². The SMILES string of the molecule is COC(=O)c1c(NC(=O)c2ccc(S(=O)(=O)N3CCC(C(=O)OC)CC3)cc2)sc2c1CC(C)(C)NC2(C)C. The third kappa shape index (κ3) is 5.74. The fraction of sp³-hybridized carbons (Fsp3) is 0.519. The summed E-state index contributed by atoms with van der Waals surface area (Å²) in [6.45, 7) is 8.62. The summed E-state index contributed by atoms with van der Waals surface area (Å²) in [5.74, 6) is -1.62. The van der Waals surface area contributed by atoms with E-state index >= 15 is 0 Å². The number of esters is 2. The number of thiophene rings is 1. The molecule has 0 bridgehead atoms. The lowest BCUT2D eigenvalue weighted by atomic mass is 9.81. The second-order valence-electron chi connectivity index (χ2n) is 11.1. The zero-order chi connectivity index (χ0) is 28.8. The van der Waals surface area contributed by atoms with E-state index in [4.69, 9.17) is 9.47 Å². The van der Waals surface area contributed by atoms with Crippen LogP contribution in [0.2, 0.25) is 0 Å². The minimum Gasteiger partial charge on any atom is -0.469 e. The Morgan fingerprint density at radius 3 is 2.21 bits per heavy atom. The maximum absolute atomic E-state index is 13.2. The van der Waals surface area contributed by atoms with Crippen LogP contribution in [0.1, 0.15) is 71.7 Å². The van der Waals surface area contributed by atoms with Gasteiger partial charge in [-0.05, 0) is 76.8 Å². The molecule has 3 heterocycles. The summed E-state index contributed by atoms with van der Waals surface area (Å²) in [6.07, 6.45) is 1.37. The molecule has 2 aliphatic rings. The minimum absolute atomic E-state index is 0.0625. The largest absolute Gasteiger partial charge is 0.469 e. The first-order chi connectivity index (χ1) is 18.2. The first-order valence-corrected chi connectivity index (χ1v) is 15.0. The Morgan fingerprint density at radius 2 is 1.64 bits per heavy atom. The number of hydrogen-bond acceptors (Lipinski definition) is 9. The monoisotopic (exact) mass is 577 g/mol. The van der Waals surface area contributed by atoms with Gasteiger partial charge in [-0.3, -0.25) is 9.59 Å². The number of sulfonamides is 1. The highest BCUT2D eigenvalue weighted by Gasteiger charge is 2.42. The summed E-state index contributed by atoms with van der Waals surface area (Å²) in [5, 5.41) is 6.84. The van der Waals surface area contributed by atoms with Gasteiger partial charge in [0.1, 0.15) is 5.00 Å². The second kappa shape index (κ2) is 10.6. The molecule has 0 saturated carbocycles. The molecule has 212 valence electrons. The van der Waals surface area contributed by atoms with E-state index in [9.17, 15) is 22.8 Å². The van der Waals surface area contributed by atoms with E-state index in [-0.39, 0.29) is 41.0 Å². The molecule has 2 aromatic rings. The highest BCUT2D eigenvalue weighted by Crippen LogP contribution is 2.45. The third-order valence-corrected chi connectivity index (χ3v) is 10.6. The molecule has 0 unspecified atom stereocenters. The highest BCUT2D eigenvalue weighted by molar-refractivity contribution is 7.89. The lowest BCUT2D eigenvalue weighted by Gasteiger charge is -2.42. The fourth-order valence-corrected chi connectivity index (χ4v) is 8.26. The molecule has 0 aliphatic carbocycles. The normalized spacial score (nSPS) is 19.1. The molecule has 39 heavy (non-hydrogen) atoms. The number of hydrogen-bond donors (Lipinski definition) is 2. The highest BCUT2D eigenvalue weighted by atomic mass is 32.2. The van der Waals surface area contributed by atoms with E-state index in [0.717, 1.165) is 10.4 Å². The maximum Gasteiger partial charge on any atom is 0.341 e. The van der Waals surface area contributed by atoms with Gasteiger partial charge in [0.15, 0.2) is 0 Å². The molecule has 4 rings (SSSR count). The van der Waals surface area contributed by atoms with Crippen molar-refractivity contribution < 1.29 is 32.3 Å². The first-order valence-electron chi connectivity index (χ1n) is 12.7. The second-order valence-corrected chi connectivity index (χ2v) is 14.1. The van der Waals surface area contributed by atoms with E-state index in [1.54, 1.807) is 0 Å². The average molecular weight is 578 g/mol. The van der Waals surface area contributed by atoms with E-state index in [0.29, 0.717) is 29.8 Å². The predicted molar refractivity (Wildman–Crippen MR) is 147 cm³/mol. The molecule has 2 aliphatic heterocycles. The smallest absolute Gasteiger partial charge is 0.341 e. The number of fused-ring (bicyclic) bond motifs is 1. The van der Waals surface area contributed by atoms with Gasteiger partial charge in [-0.25, -0.2) is 13.2 Å². The molecular weight excluding hydrogens is 542 g/mol. The molecule has 1 aromatic carbocycles. The Hall–Kier alpha value is -2.80. The summed E-state index contributed by atoms with van der Waals surface area (Å²) < 4.78 is 37.5. The molecule has 1 saturated heterocycles. The van der Waals surface area contributed by atoms with Gasteiger partial charge in [0.05, 0.1) is 30.6 Å². The van der Waals surface area contributed by atoms with Crippen LogP contribution in [0.5, 0.6) is 0 Å². The van der Waals surface area contributed by atoms with Crippen LogP contribution in [-0.2, 0) is 36.3 Å². The van der Waals surface area contributed by atoms with Crippen LogP contribution < -0.4 is 10.6 Å². The Kier molecular flexibility index (Phi) is 7.96. The van der Waals surface area contributed by atoms with Gasteiger partial charge >= 0.3 is 11.9 Å². The number of piperidine rings is 1. The van der Waals surface area contributed by atoms with Crippen LogP contribution in [0.3, 0.4) is 0 Å². The van der Waals surface area contributed by atoms with Gasteiger partial charge in [0.2, 0.25) is 10.0 Å². The fourth-order valence-electron chi connectivity index (χ4n) is 5.53. The topological polar surface area (TPSA) is 131 Å². The number of rotatable bonds is 6. The predicted octanol–water partition coefficient (Wildman–Crippen LogP) is 3.52. The quantitative estimate of drug-likeness (QED) is 0.499. The van der Waals surface area contributed by atoms with Crippen molar-refractivity contribution in [1.29, 1.82) is 0 Å². The molecule has 2 N–H and O–H groups in total. The van der Waals surface area contributed by atoms with Crippen molar-refractivity contribution in [3.05, 3.63) is 45.8 Å². The number of methoxy groups -OCH3 is 2. The lowest BCUT2D eigenvalue weighted by Crippen LogP contribution is -2.55. The number of anilines is 1. The van der Waals surface area contributed by atoms with Crippen LogP contribution in [0, 0.1) is 5.92 Å². The molecule has 1 aromatic heterocycles. The van der Waals surface area contributed by atoms with Gasteiger partial charge < -0.3 is 20.1 Å². The first kappa shape index (κ1) is 29.2. The minimum atomic E-state index is -3.78. The average Bonchev–Trinajstić information content (AvgIpc) is 3.24. The number of nitrogens with one attached hydrogen (secondary N) is 2. The summed E-state index contributed by atoms with van der Waals surface area (Å²) in [4.78, 5) is 38.8. The van der Waals surface area contributed by atoms with Gasteiger partial charge in [-0.15, -0.1) is 11.3 Å².